The number of benzene rings is 2. The molecule has 0 aromatic heterocycles. The van der Waals surface area contributed by atoms with Crippen molar-refractivity contribution in [3.05, 3.63) is 63.1 Å². The second-order valence-corrected chi connectivity index (χ2v) is 5.80. The Morgan fingerprint density at radius 3 is 2.32 bits per heavy atom. The highest BCUT2D eigenvalue weighted by Gasteiger charge is 2.32. The van der Waals surface area contributed by atoms with Crippen LogP contribution in [0.15, 0.2) is 36.4 Å². The average Bonchev–Trinajstić information content (AvgIpc) is 2.71. The lowest BCUT2D eigenvalue weighted by Gasteiger charge is -2.10. The van der Waals surface area contributed by atoms with Gasteiger partial charge in [0.1, 0.15) is 0 Å². The molecule has 0 bridgehead atoms. The largest absolute Gasteiger partial charge is 0.381 e. The van der Waals surface area contributed by atoms with E-state index in [-0.39, 0.29) is 11.8 Å². The summed E-state index contributed by atoms with van der Waals surface area (Å²) in [7, 11) is 1.47. The van der Waals surface area contributed by atoms with Crippen molar-refractivity contribution < 1.29 is 9.59 Å². The van der Waals surface area contributed by atoms with Crippen molar-refractivity contribution in [2.75, 3.05) is 12.4 Å². The molecule has 1 N–H and O–H groups in total. The van der Waals surface area contributed by atoms with Crippen molar-refractivity contribution in [3.8, 4) is 0 Å². The molecule has 112 valence electrons. The molecule has 1 heterocycles. The Kier molecular flexibility index (Phi) is 3.81. The number of rotatable bonds is 3. The molecule has 0 spiro atoms. The van der Waals surface area contributed by atoms with Crippen LogP contribution in [0.5, 0.6) is 0 Å². The van der Waals surface area contributed by atoms with E-state index in [4.69, 9.17) is 23.2 Å². The van der Waals surface area contributed by atoms with E-state index in [9.17, 15) is 9.59 Å². The molecule has 0 unspecified atom stereocenters. The third-order valence-electron chi connectivity index (χ3n) is 3.62. The van der Waals surface area contributed by atoms with E-state index in [0.29, 0.717) is 27.7 Å². The van der Waals surface area contributed by atoms with Gasteiger partial charge in [-0.3, -0.25) is 14.5 Å². The first kappa shape index (κ1) is 14.9. The minimum Gasteiger partial charge on any atom is -0.381 e. The van der Waals surface area contributed by atoms with Crippen LogP contribution in [0.25, 0.3) is 0 Å². The minimum absolute atomic E-state index is 0.277. The van der Waals surface area contributed by atoms with Crippen molar-refractivity contribution in [2.24, 2.45) is 0 Å². The van der Waals surface area contributed by atoms with Gasteiger partial charge in [0, 0.05) is 34.9 Å². The van der Waals surface area contributed by atoms with Gasteiger partial charge >= 0.3 is 0 Å². The highest BCUT2D eigenvalue weighted by Crippen LogP contribution is 2.27. The van der Waals surface area contributed by atoms with E-state index < -0.39 is 0 Å². The fourth-order valence-electron chi connectivity index (χ4n) is 2.36. The van der Waals surface area contributed by atoms with E-state index in [0.717, 1.165) is 16.2 Å². The second-order valence-electron chi connectivity index (χ2n) is 4.98. The maximum atomic E-state index is 12.0. The molecule has 0 aliphatic carbocycles. The number of halogens is 2. The number of imide groups is 1. The predicted molar refractivity (Wildman–Crippen MR) is 86.7 cm³/mol. The number of nitrogens with one attached hydrogen (secondary N) is 1. The van der Waals surface area contributed by atoms with Crippen LogP contribution in [0.4, 0.5) is 5.69 Å². The Hall–Kier alpha value is -2.04. The Bertz CT molecular complexity index is 769. The Balaban J connectivity index is 1.84. The van der Waals surface area contributed by atoms with Crippen molar-refractivity contribution in [3.63, 3.8) is 0 Å². The lowest BCUT2D eigenvalue weighted by Crippen LogP contribution is -2.24. The number of fused-ring (bicyclic) bond motifs is 1. The van der Waals surface area contributed by atoms with Gasteiger partial charge in [-0.15, -0.1) is 0 Å². The molecule has 0 atom stereocenters. The number of carbonyl (C=O) groups excluding carboxylic acids is 2. The monoisotopic (exact) mass is 334 g/mol. The van der Waals surface area contributed by atoms with Crippen LogP contribution in [0.2, 0.25) is 10.0 Å². The summed E-state index contributed by atoms with van der Waals surface area (Å²) in [5.41, 5.74) is 2.34. The normalized spacial score (nSPS) is 13.5. The van der Waals surface area contributed by atoms with E-state index in [1.807, 2.05) is 0 Å². The summed E-state index contributed by atoms with van der Waals surface area (Å²) in [5.74, 6) is -0.569. The quantitative estimate of drug-likeness (QED) is 0.868. The fraction of sp³-hybridized carbons (Fsp3) is 0.125. The third-order valence-corrected chi connectivity index (χ3v) is 4.33. The summed E-state index contributed by atoms with van der Waals surface area (Å²) in [5, 5.41) is 4.32. The van der Waals surface area contributed by atoms with Gasteiger partial charge < -0.3 is 5.32 Å². The van der Waals surface area contributed by atoms with Gasteiger partial charge in [-0.25, -0.2) is 0 Å². The number of hydrogen-bond acceptors (Lipinski definition) is 3. The summed E-state index contributed by atoms with van der Waals surface area (Å²) in [4.78, 5) is 24.9. The molecule has 1 aliphatic heterocycles. The fourth-order valence-corrected chi connectivity index (χ4v) is 2.89. The molecule has 0 fully saturated rings. The Morgan fingerprint density at radius 1 is 1.00 bits per heavy atom. The molecule has 3 rings (SSSR count). The van der Waals surface area contributed by atoms with Gasteiger partial charge in [0.05, 0.1) is 11.1 Å². The molecule has 0 saturated carbocycles. The second kappa shape index (κ2) is 5.63. The maximum Gasteiger partial charge on any atom is 0.261 e. The predicted octanol–water partition coefficient (Wildman–Crippen LogP) is 3.83. The molecule has 6 heteroatoms. The summed E-state index contributed by atoms with van der Waals surface area (Å²) >= 11 is 12.2. The van der Waals surface area contributed by atoms with Crippen molar-refractivity contribution in [1.29, 1.82) is 0 Å². The van der Waals surface area contributed by atoms with Crippen molar-refractivity contribution in [2.45, 2.75) is 6.54 Å². The molecule has 0 radical (unpaired) electrons. The zero-order valence-corrected chi connectivity index (χ0v) is 13.2. The lowest BCUT2D eigenvalue weighted by molar-refractivity contribution is 0.0693. The van der Waals surface area contributed by atoms with E-state index in [1.54, 1.807) is 36.4 Å². The first-order chi connectivity index (χ1) is 10.5. The molecular formula is C16H12Cl2N2O2. The molecule has 4 nitrogen and oxygen atoms in total. The van der Waals surface area contributed by atoms with Crippen LogP contribution in [-0.4, -0.2) is 23.8 Å². The maximum absolute atomic E-state index is 12.0. The first-order valence-electron chi connectivity index (χ1n) is 6.62. The van der Waals surface area contributed by atoms with E-state index in [2.05, 4.69) is 5.32 Å². The van der Waals surface area contributed by atoms with Crippen LogP contribution in [0.3, 0.4) is 0 Å². The van der Waals surface area contributed by atoms with Crippen LogP contribution < -0.4 is 5.32 Å². The molecule has 2 aromatic rings. The zero-order valence-electron chi connectivity index (χ0n) is 11.7. The Morgan fingerprint density at radius 2 is 1.64 bits per heavy atom. The molecule has 22 heavy (non-hydrogen) atoms. The average molecular weight is 335 g/mol. The molecule has 0 saturated heterocycles. The van der Waals surface area contributed by atoms with Crippen LogP contribution >= 0.6 is 23.2 Å². The van der Waals surface area contributed by atoms with Gasteiger partial charge in [0.15, 0.2) is 0 Å². The summed E-state index contributed by atoms with van der Waals surface area (Å²) in [6.45, 7) is 0.426. The topological polar surface area (TPSA) is 49.4 Å². The third kappa shape index (κ3) is 2.45. The van der Waals surface area contributed by atoms with Gasteiger partial charge in [-0.05, 0) is 30.3 Å². The number of carbonyl (C=O) groups is 2. The SMILES string of the molecule is CN1C(=O)c2ccc(NCc3c(Cl)cccc3Cl)cc2C1=O. The molecule has 1 aliphatic rings. The van der Waals surface area contributed by atoms with Gasteiger partial charge in [-0.2, -0.15) is 0 Å². The van der Waals surface area contributed by atoms with Gasteiger partial charge in [-0.1, -0.05) is 29.3 Å². The number of nitrogens with zero attached hydrogens (tertiary/aromatic N) is 1. The minimum atomic E-state index is -0.292. The molecule has 2 aromatic carbocycles. The number of anilines is 1. The van der Waals surface area contributed by atoms with E-state index >= 15 is 0 Å². The molecule has 2 amide bonds. The highest BCUT2D eigenvalue weighted by molar-refractivity contribution is 6.36. The standard InChI is InChI=1S/C16H12Cl2N2O2/c1-20-15(21)10-6-5-9(7-11(10)16(20)22)19-8-12-13(17)3-2-4-14(12)18/h2-7,19H,8H2,1H3. The van der Waals surface area contributed by atoms with Crippen molar-refractivity contribution in [1.82, 2.24) is 4.90 Å². The van der Waals surface area contributed by atoms with Crippen molar-refractivity contribution >= 4 is 40.7 Å². The van der Waals surface area contributed by atoms with Crippen LogP contribution in [-0.2, 0) is 6.54 Å². The smallest absolute Gasteiger partial charge is 0.261 e. The summed E-state index contributed by atoms with van der Waals surface area (Å²) in [6.07, 6.45) is 0. The molecular weight excluding hydrogens is 323 g/mol. The highest BCUT2D eigenvalue weighted by atomic mass is 35.5. The number of amides is 2. The number of hydrogen-bond donors (Lipinski definition) is 1. The van der Waals surface area contributed by atoms with Crippen LogP contribution in [0, 0.1) is 0 Å². The summed E-state index contributed by atoms with van der Waals surface area (Å²) in [6, 6.07) is 10.4. The lowest BCUT2D eigenvalue weighted by atomic mass is 10.1. The van der Waals surface area contributed by atoms with Gasteiger partial charge in [0.25, 0.3) is 11.8 Å². The first-order valence-corrected chi connectivity index (χ1v) is 7.38. The van der Waals surface area contributed by atoms with Crippen LogP contribution in [0.1, 0.15) is 26.3 Å². The van der Waals surface area contributed by atoms with Gasteiger partial charge in [0.2, 0.25) is 0 Å². The Labute approximate surface area is 137 Å². The summed E-state index contributed by atoms with van der Waals surface area (Å²) < 4.78 is 0. The zero-order chi connectivity index (χ0) is 15.9. The van der Waals surface area contributed by atoms with E-state index in [1.165, 1.54) is 7.05 Å².